The zero-order chi connectivity index (χ0) is 11.1. The number of rotatable bonds is 2. The summed E-state index contributed by atoms with van der Waals surface area (Å²) in [6, 6.07) is 0. The SMILES string of the molecule is CCC1(CC)C(=O)C=C2SCCN2C1=O. The second kappa shape index (κ2) is 3.67. The molecular formula is C11H15NO2S. The first-order valence-electron chi connectivity index (χ1n) is 5.36. The van der Waals surface area contributed by atoms with Crippen molar-refractivity contribution in [1.82, 2.24) is 4.90 Å². The summed E-state index contributed by atoms with van der Waals surface area (Å²) in [4.78, 5) is 26.0. The molecule has 15 heavy (non-hydrogen) atoms. The van der Waals surface area contributed by atoms with Crippen molar-refractivity contribution in [3.8, 4) is 0 Å². The summed E-state index contributed by atoms with van der Waals surface area (Å²) in [5.74, 6) is 0.923. The average Bonchev–Trinajstić information content (AvgIpc) is 2.68. The lowest BCUT2D eigenvalue weighted by Gasteiger charge is -2.35. The number of carbonyl (C=O) groups is 2. The summed E-state index contributed by atoms with van der Waals surface area (Å²) >= 11 is 1.60. The van der Waals surface area contributed by atoms with Gasteiger partial charge in [-0.25, -0.2) is 0 Å². The zero-order valence-electron chi connectivity index (χ0n) is 9.08. The normalized spacial score (nSPS) is 24.1. The van der Waals surface area contributed by atoms with Gasteiger partial charge in [0.1, 0.15) is 5.41 Å². The van der Waals surface area contributed by atoms with Crippen LogP contribution < -0.4 is 0 Å². The van der Waals surface area contributed by atoms with Crippen molar-refractivity contribution >= 4 is 23.5 Å². The van der Waals surface area contributed by atoms with Crippen molar-refractivity contribution in [1.29, 1.82) is 0 Å². The predicted molar refractivity (Wildman–Crippen MR) is 60.3 cm³/mol. The van der Waals surface area contributed by atoms with E-state index in [1.807, 2.05) is 13.8 Å². The third-order valence-corrected chi connectivity index (χ3v) is 4.44. The minimum absolute atomic E-state index is 0.00171. The summed E-state index contributed by atoms with van der Waals surface area (Å²) in [6.45, 7) is 4.59. The molecule has 1 fully saturated rings. The van der Waals surface area contributed by atoms with Gasteiger partial charge in [0, 0.05) is 18.4 Å². The standard InChI is InChI=1S/C11H15NO2S/c1-3-11(4-2)8(13)7-9-12(10(11)14)5-6-15-9/h7H,3-6H2,1-2H3. The van der Waals surface area contributed by atoms with Gasteiger partial charge in [-0.2, -0.15) is 0 Å². The number of nitrogens with zero attached hydrogens (tertiary/aromatic N) is 1. The van der Waals surface area contributed by atoms with Crippen molar-refractivity contribution in [3.05, 3.63) is 11.1 Å². The van der Waals surface area contributed by atoms with Crippen molar-refractivity contribution in [2.24, 2.45) is 5.41 Å². The summed E-state index contributed by atoms with van der Waals surface area (Å²) in [5, 5.41) is 0.850. The van der Waals surface area contributed by atoms with Crippen LogP contribution in [0.25, 0.3) is 0 Å². The molecule has 2 heterocycles. The molecule has 0 aromatic heterocycles. The molecule has 0 saturated carbocycles. The molecule has 82 valence electrons. The average molecular weight is 225 g/mol. The molecule has 1 amide bonds. The van der Waals surface area contributed by atoms with Crippen LogP contribution in [0.4, 0.5) is 0 Å². The molecule has 0 atom stereocenters. The van der Waals surface area contributed by atoms with E-state index in [0.717, 1.165) is 17.3 Å². The van der Waals surface area contributed by atoms with E-state index in [0.29, 0.717) is 12.8 Å². The van der Waals surface area contributed by atoms with Crippen LogP contribution in [0.3, 0.4) is 0 Å². The van der Waals surface area contributed by atoms with E-state index in [1.54, 1.807) is 22.7 Å². The van der Waals surface area contributed by atoms with Gasteiger partial charge in [0.15, 0.2) is 5.78 Å². The van der Waals surface area contributed by atoms with Gasteiger partial charge in [-0.3, -0.25) is 9.59 Å². The predicted octanol–water partition coefficient (Wildman–Crippen LogP) is 1.79. The first-order chi connectivity index (χ1) is 7.15. The lowest BCUT2D eigenvalue weighted by molar-refractivity contribution is -0.147. The number of ketones is 1. The fourth-order valence-corrected chi connectivity index (χ4v) is 3.27. The van der Waals surface area contributed by atoms with Crippen LogP contribution in [0.15, 0.2) is 11.1 Å². The van der Waals surface area contributed by atoms with E-state index in [4.69, 9.17) is 0 Å². The van der Waals surface area contributed by atoms with E-state index in [9.17, 15) is 9.59 Å². The quantitative estimate of drug-likeness (QED) is 0.672. The first kappa shape index (κ1) is 10.7. The number of thioether (sulfide) groups is 1. The number of hydrogen-bond donors (Lipinski definition) is 0. The summed E-state index contributed by atoms with van der Waals surface area (Å²) in [7, 11) is 0. The topological polar surface area (TPSA) is 37.4 Å². The summed E-state index contributed by atoms with van der Waals surface area (Å²) in [6.07, 6.45) is 2.87. The minimum Gasteiger partial charge on any atom is -0.305 e. The second-order valence-electron chi connectivity index (χ2n) is 3.94. The highest BCUT2D eigenvalue weighted by Gasteiger charge is 2.48. The van der Waals surface area contributed by atoms with Crippen LogP contribution in [-0.4, -0.2) is 28.9 Å². The Hall–Kier alpha value is -0.770. The Morgan fingerprint density at radius 1 is 1.40 bits per heavy atom. The Bertz CT molecular complexity index is 344. The molecular weight excluding hydrogens is 210 g/mol. The van der Waals surface area contributed by atoms with Crippen molar-refractivity contribution < 1.29 is 9.59 Å². The maximum Gasteiger partial charge on any atom is 0.241 e. The first-order valence-corrected chi connectivity index (χ1v) is 6.35. The molecule has 0 radical (unpaired) electrons. The maximum atomic E-state index is 12.3. The van der Waals surface area contributed by atoms with Crippen LogP contribution in [0, 0.1) is 5.41 Å². The Morgan fingerprint density at radius 3 is 2.67 bits per heavy atom. The van der Waals surface area contributed by atoms with E-state index in [1.165, 1.54) is 0 Å². The molecule has 0 aliphatic carbocycles. The highest BCUT2D eigenvalue weighted by Crippen LogP contribution is 2.41. The number of amides is 1. The molecule has 2 aliphatic heterocycles. The fourth-order valence-electron chi connectivity index (χ4n) is 2.27. The van der Waals surface area contributed by atoms with E-state index >= 15 is 0 Å². The monoisotopic (exact) mass is 225 g/mol. The summed E-state index contributed by atoms with van der Waals surface area (Å²) < 4.78 is 0. The smallest absolute Gasteiger partial charge is 0.241 e. The molecule has 2 aliphatic rings. The molecule has 1 saturated heterocycles. The van der Waals surface area contributed by atoms with Gasteiger partial charge in [0.2, 0.25) is 5.91 Å². The Kier molecular flexibility index (Phi) is 2.63. The van der Waals surface area contributed by atoms with Gasteiger partial charge in [0.05, 0.1) is 5.03 Å². The van der Waals surface area contributed by atoms with Gasteiger partial charge >= 0.3 is 0 Å². The molecule has 4 heteroatoms. The van der Waals surface area contributed by atoms with Crippen LogP contribution in [0.1, 0.15) is 26.7 Å². The number of allylic oxidation sites excluding steroid dienone is 1. The van der Waals surface area contributed by atoms with Crippen molar-refractivity contribution in [2.45, 2.75) is 26.7 Å². The van der Waals surface area contributed by atoms with Crippen molar-refractivity contribution in [2.75, 3.05) is 12.3 Å². The Labute approximate surface area is 93.9 Å². The molecule has 0 N–H and O–H groups in total. The van der Waals surface area contributed by atoms with E-state index in [-0.39, 0.29) is 11.7 Å². The third kappa shape index (κ3) is 1.34. The number of hydrogen-bond acceptors (Lipinski definition) is 3. The molecule has 3 nitrogen and oxygen atoms in total. The Morgan fingerprint density at radius 2 is 2.07 bits per heavy atom. The van der Waals surface area contributed by atoms with Crippen LogP contribution in [0.2, 0.25) is 0 Å². The third-order valence-electron chi connectivity index (χ3n) is 3.42. The van der Waals surface area contributed by atoms with Crippen molar-refractivity contribution in [3.63, 3.8) is 0 Å². The highest BCUT2D eigenvalue weighted by atomic mass is 32.2. The largest absolute Gasteiger partial charge is 0.305 e. The van der Waals surface area contributed by atoms with Gasteiger partial charge in [-0.1, -0.05) is 13.8 Å². The van der Waals surface area contributed by atoms with Gasteiger partial charge in [0.25, 0.3) is 0 Å². The summed E-state index contributed by atoms with van der Waals surface area (Å²) in [5.41, 5.74) is -0.769. The van der Waals surface area contributed by atoms with Gasteiger partial charge in [-0.05, 0) is 12.8 Å². The van der Waals surface area contributed by atoms with Crippen LogP contribution in [-0.2, 0) is 9.59 Å². The molecule has 0 unspecified atom stereocenters. The maximum absolute atomic E-state index is 12.3. The molecule has 0 spiro atoms. The molecule has 0 aromatic carbocycles. The van der Waals surface area contributed by atoms with E-state index < -0.39 is 5.41 Å². The Balaban J connectivity index is 2.45. The zero-order valence-corrected chi connectivity index (χ0v) is 9.89. The number of fused-ring (bicyclic) bond motifs is 1. The highest BCUT2D eigenvalue weighted by molar-refractivity contribution is 8.03. The van der Waals surface area contributed by atoms with Crippen LogP contribution in [0.5, 0.6) is 0 Å². The lowest BCUT2D eigenvalue weighted by atomic mass is 9.75. The second-order valence-corrected chi connectivity index (χ2v) is 5.06. The molecule has 0 bridgehead atoms. The van der Waals surface area contributed by atoms with Gasteiger partial charge in [-0.15, -0.1) is 11.8 Å². The minimum atomic E-state index is -0.769. The lowest BCUT2D eigenvalue weighted by Crippen LogP contribution is -2.49. The fraction of sp³-hybridized carbons (Fsp3) is 0.636. The molecule has 2 rings (SSSR count). The van der Waals surface area contributed by atoms with E-state index in [2.05, 4.69) is 0 Å². The molecule has 0 aromatic rings. The number of carbonyl (C=O) groups excluding carboxylic acids is 2. The van der Waals surface area contributed by atoms with Gasteiger partial charge < -0.3 is 4.90 Å². The van der Waals surface area contributed by atoms with Crippen LogP contribution >= 0.6 is 11.8 Å².